The monoisotopic (exact) mass is 444 g/mol. The molecule has 162 valence electrons. The van der Waals surface area contributed by atoms with Crippen molar-refractivity contribution in [2.45, 2.75) is 30.0 Å². The Morgan fingerprint density at radius 3 is 2.44 bits per heavy atom. The predicted molar refractivity (Wildman–Crippen MR) is 124 cm³/mol. The summed E-state index contributed by atoms with van der Waals surface area (Å²) in [6.07, 6.45) is 3.85. The molecule has 1 fully saturated rings. The molecule has 32 heavy (non-hydrogen) atoms. The number of hydrogen-bond donors (Lipinski definition) is 1. The third kappa shape index (κ3) is 4.48. The maximum Gasteiger partial charge on any atom is 0.230 e. The molecule has 1 amide bonds. The van der Waals surface area contributed by atoms with Gasteiger partial charge in [0.1, 0.15) is 0 Å². The van der Waals surface area contributed by atoms with Crippen molar-refractivity contribution in [2.24, 2.45) is 0 Å². The minimum absolute atomic E-state index is 0.00557. The number of hydrogen-bond acceptors (Lipinski definition) is 5. The average molecular weight is 445 g/mol. The molecule has 0 radical (unpaired) electrons. The summed E-state index contributed by atoms with van der Waals surface area (Å²) < 4.78 is 7.55. The van der Waals surface area contributed by atoms with Crippen LogP contribution in [0, 0.1) is 0 Å². The standard InChI is InChI=1S/C25H24N4O2S/c30-22(26-18-25(13-14-25)20-10-5-2-6-11-20)17-32-24-28-27-23(21-12-7-15-31-21)29(24)16-19-8-3-1-4-9-19/h1-12,15H,13-14,16-18H2,(H,26,30). The van der Waals surface area contributed by atoms with Crippen molar-refractivity contribution in [1.29, 1.82) is 0 Å². The lowest BCUT2D eigenvalue weighted by atomic mass is 9.96. The van der Waals surface area contributed by atoms with Crippen molar-refractivity contribution >= 4 is 17.7 Å². The normalized spacial score (nSPS) is 14.2. The van der Waals surface area contributed by atoms with Gasteiger partial charge in [0.25, 0.3) is 0 Å². The summed E-state index contributed by atoms with van der Waals surface area (Å²) in [6.45, 7) is 1.27. The van der Waals surface area contributed by atoms with E-state index in [0.29, 0.717) is 29.8 Å². The quantitative estimate of drug-likeness (QED) is 0.384. The number of carbonyl (C=O) groups is 1. The minimum atomic E-state index is 0.00557. The molecule has 2 aromatic heterocycles. The second-order valence-corrected chi connectivity index (χ2v) is 9.01. The van der Waals surface area contributed by atoms with Crippen LogP contribution in [0.25, 0.3) is 11.6 Å². The first-order chi connectivity index (χ1) is 15.7. The van der Waals surface area contributed by atoms with Gasteiger partial charge in [-0.05, 0) is 36.1 Å². The molecular formula is C25H24N4O2S. The smallest absolute Gasteiger partial charge is 0.230 e. The van der Waals surface area contributed by atoms with Crippen molar-refractivity contribution < 1.29 is 9.21 Å². The Hall–Kier alpha value is -3.32. The largest absolute Gasteiger partial charge is 0.461 e. The van der Waals surface area contributed by atoms with Gasteiger partial charge in [0.15, 0.2) is 10.9 Å². The first kappa shape index (κ1) is 20.6. The highest BCUT2D eigenvalue weighted by atomic mass is 32.2. The number of nitrogens with one attached hydrogen (secondary N) is 1. The van der Waals surface area contributed by atoms with Crippen LogP contribution in [0.3, 0.4) is 0 Å². The maximum absolute atomic E-state index is 12.6. The summed E-state index contributed by atoms with van der Waals surface area (Å²) in [5.74, 6) is 1.60. The molecule has 0 spiro atoms. The maximum atomic E-state index is 12.6. The Morgan fingerprint density at radius 2 is 1.75 bits per heavy atom. The van der Waals surface area contributed by atoms with Crippen molar-refractivity contribution in [2.75, 3.05) is 12.3 Å². The number of rotatable bonds is 9. The third-order valence-corrected chi connectivity index (χ3v) is 6.80. The molecule has 0 atom stereocenters. The fourth-order valence-corrected chi connectivity index (χ4v) is 4.62. The highest BCUT2D eigenvalue weighted by molar-refractivity contribution is 7.99. The molecular weight excluding hydrogens is 420 g/mol. The van der Waals surface area contributed by atoms with Crippen LogP contribution in [0.1, 0.15) is 24.0 Å². The average Bonchev–Trinajstić information content (AvgIpc) is 3.23. The van der Waals surface area contributed by atoms with Crippen molar-refractivity contribution in [1.82, 2.24) is 20.1 Å². The molecule has 0 unspecified atom stereocenters. The summed E-state index contributed by atoms with van der Waals surface area (Å²) in [5.41, 5.74) is 2.53. The Balaban J connectivity index is 1.25. The lowest BCUT2D eigenvalue weighted by molar-refractivity contribution is -0.118. The van der Waals surface area contributed by atoms with Crippen LogP contribution in [0.4, 0.5) is 0 Å². The molecule has 0 saturated heterocycles. The van der Waals surface area contributed by atoms with E-state index < -0.39 is 0 Å². The second kappa shape index (κ2) is 9.04. The molecule has 1 N–H and O–H groups in total. The Bertz CT molecular complexity index is 1170. The third-order valence-electron chi connectivity index (χ3n) is 5.84. The van der Waals surface area contributed by atoms with E-state index in [2.05, 4.69) is 51.9 Å². The van der Waals surface area contributed by atoms with Gasteiger partial charge in [-0.15, -0.1) is 10.2 Å². The zero-order chi connectivity index (χ0) is 21.8. The summed E-state index contributed by atoms with van der Waals surface area (Å²) in [4.78, 5) is 12.6. The summed E-state index contributed by atoms with van der Waals surface area (Å²) >= 11 is 1.39. The molecule has 4 aromatic rings. The number of amides is 1. The number of thioether (sulfide) groups is 1. The highest BCUT2D eigenvalue weighted by Gasteiger charge is 2.44. The van der Waals surface area contributed by atoms with E-state index in [4.69, 9.17) is 4.42 Å². The molecule has 1 saturated carbocycles. The number of furan rings is 1. The molecule has 1 aliphatic carbocycles. The molecule has 6 nitrogen and oxygen atoms in total. The van der Waals surface area contributed by atoms with E-state index in [-0.39, 0.29) is 17.1 Å². The highest BCUT2D eigenvalue weighted by Crippen LogP contribution is 2.47. The van der Waals surface area contributed by atoms with Crippen molar-refractivity contribution in [3.63, 3.8) is 0 Å². The Morgan fingerprint density at radius 1 is 1.00 bits per heavy atom. The van der Waals surface area contributed by atoms with E-state index in [1.54, 1.807) is 6.26 Å². The number of benzene rings is 2. The molecule has 0 bridgehead atoms. The molecule has 1 aliphatic rings. The van der Waals surface area contributed by atoms with Gasteiger partial charge in [-0.2, -0.15) is 0 Å². The number of nitrogens with zero attached hydrogens (tertiary/aromatic N) is 3. The lowest BCUT2D eigenvalue weighted by Gasteiger charge is -2.16. The summed E-state index contributed by atoms with van der Waals surface area (Å²) in [7, 11) is 0. The Labute approximate surface area is 191 Å². The zero-order valence-corrected chi connectivity index (χ0v) is 18.4. The van der Waals surface area contributed by atoms with E-state index in [1.165, 1.54) is 17.3 Å². The number of aromatic nitrogens is 3. The predicted octanol–water partition coefficient (Wildman–Crippen LogP) is 4.53. The van der Waals surface area contributed by atoms with E-state index in [1.807, 2.05) is 41.0 Å². The SMILES string of the molecule is O=C(CSc1nnc(-c2ccco2)n1Cc1ccccc1)NCC1(c2ccccc2)CC1. The second-order valence-electron chi connectivity index (χ2n) is 8.07. The van der Waals surface area contributed by atoms with Crippen LogP contribution in [0.15, 0.2) is 88.6 Å². The van der Waals surface area contributed by atoms with Crippen LogP contribution in [0.5, 0.6) is 0 Å². The zero-order valence-electron chi connectivity index (χ0n) is 17.6. The molecule has 7 heteroatoms. The summed E-state index contributed by atoms with van der Waals surface area (Å²) in [6, 6.07) is 24.3. The number of carbonyl (C=O) groups excluding carboxylic acids is 1. The van der Waals surface area contributed by atoms with E-state index in [9.17, 15) is 4.79 Å². The van der Waals surface area contributed by atoms with Crippen LogP contribution in [-0.4, -0.2) is 33.0 Å². The van der Waals surface area contributed by atoms with E-state index >= 15 is 0 Å². The van der Waals surface area contributed by atoms with Crippen LogP contribution >= 0.6 is 11.8 Å². The van der Waals surface area contributed by atoms with Crippen LogP contribution in [-0.2, 0) is 16.8 Å². The molecule has 2 heterocycles. The fraction of sp³-hybridized carbons (Fsp3) is 0.240. The van der Waals surface area contributed by atoms with Gasteiger partial charge in [0, 0.05) is 12.0 Å². The molecule has 0 aliphatic heterocycles. The van der Waals surface area contributed by atoms with Crippen molar-refractivity contribution in [3.05, 3.63) is 90.2 Å². The first-order valence-corrected chi connectivity index (χ1v) is 11.7. The van der Waals surface area contributed by atoms with Crippen molar-refractivity contribution in [3.8, 4) is 11.6 Å². The van der Waals surface area contributed by atoms with Gasteiger partial charge in [-0.1, -0.05) is 72.4 Å². The van der Waals surface area contributed by atoms with Gasteiger partial charge in [0.05, 0.1) is 18.6 Å². The lowest BCUT2D eigenvalue weighted by Crippen LogP contribution is -2.33. The van der Waals surface area contributed by atoms with E-state index in [0.717, 1.165) is 18.4 Å². The van der Waals surface area contributed by atoms with Gasteiger partial charge in [0.2, 0.25) is 11.7 Å². The molecule has 5 rings (SSSR count). The summed E-state index contributed by atoms with van der Waals surface area (Å²) in [5, 5.41) is 12.5. The van der Waals surface area contributed by atoms with Crippen LogP contribution < -0.4 is 5.32 Å². The fourth-order valence-electron chi connectivity index (χ4n) is 3.85. The van der Waals surface area contributed by atoms with Gasteiger partial charge in [-0.3, -0.25) is 9.36 Å². The van der Waals surface area contributed by atoms with Gasteiger partial charge < -0.3 is 9.73 Å². The minimum Gasteiger partial charge on any atom is -0.461 e. The van der Waals surface area contributed by atoms with Crippen LogP contribution in [0.2, 0.25) is 0 Å². The van der Waals surface area contributed by atoms with Gasteiger partial charge in [-0.25, -0.2) is 0 Å². The molecule has 2 aromatic carbocycles. The Kier molecular flexibility index (Phi) is 5.81. The van der Waals surface area contributed by atoms with Gasteiger partial charge >= 0.3 is 0 Å². The first-order valence-electron chi connectivity index (χ1n) is 10.7. The topological polar surface area (TPSA) is 73.0 Å².